The molecule has 5 aromatic rings. The van der Waals surface area contributed by atoms with Gasteiger partial charge in [-0.1, -0.05) is 104 Å². The normalized spacial score (nSPS) is 19.9. The van der Waals surface area contributed by atoms with Gasteiger partial charge in [0, 0.05) is 27.6 Å². The van der Waals surface area contributed by atoms with Crippen molar-refractivity contribution in [2.24, 2.45) is 22.1 Å². The molecule has 0 radical (unpaired) electrons. The van der Waals surface area contributed by atoms with E-state index in [9.17, 15) is 4.79 Å². The summed E-state index contributed by atoms with van der Waals surface area (Å²) in [4.78, 5) is 24.3. The van der Waals surface area contributed by atoms with E-state index in [1.54, 1.807) is 11.3 Å². The first kappa shape index (κ1) is 27.2. The van der Waals surface area contributed by atoms with Crippen LogP contribution in [0.3, 0.4) is 0 Å². The molecule has 9 heteroatoms. The second-order valence-electron chi connectivity index (χ2n) is 11.5. The summed E-state index contributed by atoms with van der Waals surface area (Å²) < 4.78 is 1.46. The summed E-state index contributed by atoms with van der Waals surface area (Å²) in [7, 11) is 0. The van der Waals surface area contributed by atoms with Crippen molar-refractivity contribution in [3.05, 3.63) is 87.5 Å². The Morgan fingerprint density at radius 3 is 2.24 bits per heavy atom. The Labute approximate surface area is 253 Å². The highest BCUT2D eigenvalue weighted by molar-refractivity contribution is 7.15. The number of benzene rings is 2. The van der Waals surface area contributed by atoms with E-state index in [0.717, 1.165) is 28.7 Å². The minimum Gasteiger partial charge on any atom is -0.286 e. The number of H-pyrrole nitrogens is 1. The van der Waals surface area contributed by atoms with Crippen molar-refractivity contribution in [2.75, 3.05) is 0 Å². The number of thiazole rings is 2. The SMILES string of the molecule is O=c1c(N=Nc2ncc(C3CCC(C4CCCCC4)CC3)s2)c(-c2ccccc2)[nH]n1-c1nc(-c2ccccc2)cs1. The van der Waals surface area contributed by atoms with E-state index in [1.807, 2.05) is 72.2 Å². The third kappa shape index (κ3) is 5.68. The summed E-state index contributed by atoms with van der Waals surface area (Å²) in [5, 5.41) is 15.3. The van der Waals surface area contributed by atoms with Crippen LogP contribution in [0.4, 0.5) is 10.8 Å². The zero-order valence-corrected chi connectivity index (χ0v) is 25.1. The first-order valence-corrected chi connectivity index (χ1v) is 16.7. The van der Waals surface area contributed by atoms with E-state index >= 15 is 0 Å². The van der Waals surface area contributed by atoms with Crippen molar-refractivity contribution in [1.29, 1.82) is 0 Å². The van der Waals surface area contributed by atoms with E-state index in [1.165, 1.54) is 78.7 Å². The van der Waals surface area contributed by atoms with Gasteiger partial charge in [0.15, 0.2) is 5.69 Å². The molecule has 0 aliphatic heterocycles. The summed E-state index contributed by atoms with van der Waals surface area (Å²) in [6.45, 7) is 0. The highest BCUT2D eigenvalue weighted by Crippen LogP contribution is 2.44. The van der Waals surface area contributed by atoms with Gasteiger partial charge in [-0.25, -0.2) is 9.97 Å². The molecule has 0 bridgehead atoms. The highest BCUT2D eigenvalue weighted by atomic mass is 32.1. The van der Waals surface area contributed by atoms with Crippen molar-refractivity contribution >= 4 is 33.5 Å². The molecule has 7 nitrogen and oxygen atoms in total. The molecule has 0 atom stereocenters. The lowest BCUT2D eigenvalue weighted by Crippen LogP contribution is -2.22. The van der Waals surface area contributed by atoms with Crippen molar-refractivity contribution < 1.29 is 0 Å². The van der Waals surface area contributed by atoms with Gasteiger partial charge in [0.1, 0.15) is 0 Å². The monoisotopic (exact) mass is 594 g/mol. The van der Waals surface area contributed by atoms with Crippen molar-refractivity contribution in [1.82, 2.24) is 19.7 Å². The second kappa shape index (κ2) is 12.3. The maximum atomic E-state index is 13.7. The minimum atomic E-state index is -0.288. The molecular weight excluding hydrogens is 561 g/mol. The standard InChI is InChI=1S/C33H34N6OS2/c40-31-30(36-37-32-34-20-28(42-32)25-18-16-23(17-19-25)22-10-4-1-5-11-22)29(26-14-8-3-9-15-26)38-39(31)33-35-27(21-41-33)24-12-6-2-7-13-24/h2-3,6-9,12-15,20-23,25,38H,1,4-5,10-11,16-19H2. The largest absolute Gasteiger partial charge is 0.301 e. The highest BCUT2D eigenvalue weighted by Gasteiger charge is 2.30. The number of aromatic amines is 1. The van der Waals surface area contributed by atoms with Gasteiger partial charge >= 0.3 is 5.56 Å². The van der Waals surface area contributed by atoms with Crippen LogP contribution in [0.25, 0.3) is 27.6 Å². The minimum absolute atomic E-state index is 0.252. The Morgan fingerprint density at radius 2 is 1.50 bits per heavy atom. The molecular formula is C33H34N6OS2. The van der Waals surface area contributed by atoms with Crippen LogP contribution in [0.5, 0.6) is 0 Å². The van der Waals surface area contributed by atoms with Crippen molar-refractivity contribution in [2.45, 2.75) is 63.7 Å². The molecule has 2 fully saturated rings. The van der Waals surface area contributed by atoms with Crippen LogP contribution in [0.1, 0.15) is 68.6 Å². The molecule has 0 amide bonds. The molecule has 3 aromatic heterocycles. The fraction of sp³-hybridized carbons (Fsp3) is 0.364. The number of nitrogens with one attached hydrogen (secondary N) is 1. The Hall–Kier alpha value is -3.69. The van der Waals surface area contributed by atoms with Crippen LogP contribution in [-0.2, 0) is 0 Å². The van der Waals surface area contributed by atoms with Crippen LogP contribution in [0, 0.1) is 11.8 Å². The topological polar surface area (TPSA) is 88.3 Å². The van der Waals surface area contributed by atoms with Crippen LogP contribution < -0.4 is 5.56 Å². The fourth-order valence-corrected chi connectivity index (χ4v) is 8.35. The second-order valence-corrected chi connectivity index (χ2v) is 13.4. The Kier molecular flexibility index (Phi) is 7.94. The smallest absolute Gasteiger partial charge is 0.286 e. The molecule has 42 heavy (non-hydrogen) atoms. The number of hydrogen-bond donors (Lipinski definition) is 1. The Bertz CT molecular complexity index is 1700. The molecule has 0 saturated heterocycles. The van der Waals surface area contributed by atoms with Crippen LogP contribution in [0.2, 0.25) is 0 Å². The lowest BCUT2D eigenvalue weighted by molar-refractivity contribution is 0.186. The quantitative estimate of drug-likeness (QED) is 0.190. The fourth-order valence-electron chi connectivity index (χ4n) is 6.66. The maximum absolute atomic E-state index is 13.7. The van der Waals surface area contributed by atoms with Gasteiger partial charge in [-0.05, 0) is 43.4 Å². The van der Waals surface area contributed by atoms with Gasteiger partial charge in [-0.2, -0.15) is 4.68 Å². The average molecular weight is 595 g/mol. The molecule has 1 N–H and O–H groups in total. The summed E-state index contributed by atoms with van der Waals surface area (Å²) in [6, 6.07) is 19.7. The van der Waals surface area contributed by atoms with Crippen LogP contribution in [0.15, 0.2) is 87.3 Å². The maximum Gasteiger partial charge on any atom is 0.301 e. The average Bonchev–Trinajstić information content (AvgIpc) is 3.81. The van der Waals surface area contributed by atoms with Gasteiger partial charge in [0.25, 0.3) is 0 Å². The summed E-state index contributed by atoms with van der Waals surface area (Å²) in [5.74, 6) is 2.41. The van der Waals surface area contributed by atoms with E-state index in [4.69, 9.17) is 4.98 Å². The predicted molar refractivity (Wildman–Crippen MR) is 170 cm³/mol. The van der Waals surface area contributed by atoms with E-state index in [2.05, 4.69) is 20.3 Å². The van der Waals surface area contributed by atoms with Crippen molar-refractivity contribution in [3.8, 4) is 27.6 Å². The molecule has 0 unspecified atom stereocenters. The first-order chi connectivity index (χ1) is 20.7. The van der Waals surface area contributed by atoms with Gasteiger partial charge in [-0.15, -0.1) is 21.6 Å². The molecule has 214 valence electrons. The molecule has 2 aliphatic carbocycles. The summed E-state index contributed by atoms with van der Waals surface area (Å²) in [6.07, 6.45) is 14.2. The van der Waals surface area contributed by atoms with Crippen LogP contribution in [-0.4, -0.2) is 19.7 Å². The molecule has 7 rings (SSSR count). The first-order valence-electron chi connectivity index (χ1n) is 15.0. The zero-order chi connectivity index (χ0) is 28.3. The number of rotatable bonds is 7. The van der Waals surface area contributed by atoms with Gasteiger partial charge in [-0.3, -0.25) is 9.89 Å². The third-order valence-electron chi connectivity index (χ3n) is 8.92. The number of aromatic nitrogens is 4. The lowest BCUT2D eigenvalue weighted by atomic mass is 9.71. The van der Waals surface area contributed by atoms with Gasteiger partial charge in [0.05, 0.1) is 11.4 Å². The molecule has 2 aromatic carbocycles. The molecule has 0 spiro atoms. The lowest BCUT2D eigenvalue weighted by Gasteiger charge is -2.35. The molecule has 2 aliphatic rings. The Morgan fingerprint density at radius 1 is 0.810 bits per heavy atom. The van der Waals surface area contributed by atoms with Crippen LogP contribution >= 0.6 is 22.7 Å². The van der Waals surface area contributed by atoms with Gasteiger partial charge < -0.3 is 0 Å². The molecule has 3 heterocycles. The van der Waals surface area contributed by atoms with E-state index in [-0.39, 0.29) is 11.2 Å². The van der Waals surface area contributed by atoms with E-state index in [0.29, 0.717) is 21.9 Å². The number of nitrogens with zero attached hydrogens (tertiary/aromatic N) is 5. The van der Waals surface area contributed by atoms with Gasteiger partial charge in [0.2, 0.25) is 10.3 Å². The van der Waals surface area contributed by atoms with Crippen molar-refractivity contribution in [3.63, 3.8) is 0 Å². The third-order valence-corrected chi connectivity index (χ3v) is 10.8. The zero-order valence-electron chi connectivity index (χ0n) is 23.5. The predicted octanol–water partition coefficient (Wildman–Crippen LogP) is 9.68. The number of hydrogen-bond acceptors (Lipinski definition) is 7. The summed E-state index contributed by atoms with van der Waals surface area (Å²) >= 11 is 3.02. The summed E-state index contributed by atoms with van der Waals surface area (Å²) in [5.41, 5.74) is 3.26. The molecule has 2 saturated carbocycles. The number of azo groups is 1. The Balaban J connectivity index is 1.12. The van der Waals surface area contributed by atoms with E-state index < -0.39 is 0 Å².